The van der Waals surface area contributed by atoms with Crippen molar-refractivity contribution in [2.24, 2.45) is 0 Å². The second-order valence-corrected chi connectivity index (χ2v) is 4.07. The molecule has 0 heterocycles. The van der Waals surface area contributed by atoms with E-state index in [0.717, 1.165) is 0 Å². The van der Waals surface area contributed by atoms with Crippen molar-refractivity contribution in [1.29, 1.82) is 15.8 Å². The molecule has 0 bridgehead atoms. The average Bonchev–Trinajstić information content (AvgIpc) is 2.52. The summed E-state index contributed by atoms with van der Waals surface area (Å²) in [5.41, 5.74) is 0.0939. The lowest BCUT2D eigenvalue weighted by atomic mass is 10.2. The number of anilines is 1. The van der Waals surface area contributed by atoms with E-state index in [1.807, 2.05) is 0 Å². The zero-order valence-electron chi connectivity index (χ0n) is 11.9. The highest BCUT2D eigenvalue weighted by atomic mass is 16.5. The average molecular weight is 295 g/mol. The number of hydrogen-bond donors (Lipinski definition) is 2. The number of amides is 1. The highest BCUT2D eigenvalue weighted by Crippen LogP contribution is 2.19. The van der Waals surface area contributed by atoms with Crippen molar-refractivity contribution >= 4 is 11.6 Å². The molecule has 1 rings (SSSR count). The fourth-order valence-electron chi connectivity index (χ4n) is 1.49. The van der Waals surface area contributed by atoms with Gasteiger partial charge in [-0.1, -0.05) is 6.07 Å². The quantitative estimate of drug-likeness (QED) is 0.605. The summed E-state index contributed by atoms with van der Waals surface area (Å²) in [5.74, 6) is 0.395. The van der Waals surface area contributed by atoms with Crippen LogP contribution in [0.3, 0.4) is 0 Å². The molecule has 0 aliphatic rings. The molecule has 7 nitrogen and oxygen atoms in total. The summed E-state index contributed by atoms with van der Waals surface area (Å²) in [6.45, 7) is 2.09. The molecule has 0 saturated carbocycles. The lowest BCUT2D eigenvalue weighted by Gasteiger charge is -2.09. The molecule has 0 aliphatic carbocycles. The summed E-state index contributed by atoms with van der Waals surface area (Å²) < 4.78 is 5.44. The molecule has 0 fully saturated rings. The normalized spacial score (nSPS) is 8.64. The van der Waals surface area contributed by atoms with Crippen molar-refractivity contribution in [3.63, 3.8) is 0 Å². The Labute approximate surface area is 128 Å². The Morgan fingerprint density at radius 3 is 2.55 bits per heavy atom. The molecule has 110 valence electrons. The third-order valence-corrected chi connectivity index (χ3v) is 2.43. The Balaban J connectivity index is 2.75. The minimum atomic E-state index is -0.292. The predicted molar refractivity (Wildman–Crippen MR) is 78.1 cm³/mol. The van der Waals surface area contributed by atoms with Gasteiger partial charge < -0.3 is 15.4 Å². The molecule has 22 heavy (non-hydrogen) atoms. The minimum absolute atomic E-state index is 0.125. The topological polar surface area (TPSA) is 122 Å². The predicted octanol–water partition coefficient (Wildman–Crippen LogP) is 1.44. The van der Waals surface area contributed by atoms with E-state index in [1.165, 1.54) is 6.92 Å². The first-order chi connectivity index (χ1) is 10.6. The van der Waals surface area contributed by atoms with Crippen LogP contribution in [0.25, 0.3) is 0 Å². The highest BCUT2D eigenvalue weighted by molar-refractivity contribution is 5.72. The lowest BCUT2D eigenvalue weighted by Crippen LogP contribution is -2.25. The first kappa shape index (κ1) is 16.6. The van der Waals surface area contributed by atoms with Crippen LogP contribution in [0.4, 0.5) is 5.69 Å². The number of allylic oxidation sites excluding steroid dienone is 2. The third kappa shape index (κ3) is 5.24. The van der Waals surface area contributed by atoms with Crippen molar-refractivity contribution < 1.29 is 9.53 Å². The first-order valence-corrected chi connectivity index (χ1v) is 6.29. The summed E-state index contributed by atoms with van der Waals surface area (Å²) in [6, 6.07) is 11.8. The van der Waals surface area contributed by atoms with Gasteiger partial charge in [-0.05, 0) is 12.1 Å². The van der Waals surface area contributed by atoms with Gasteiger partial charge in [0.25, 0.3) is 0 Å². The van der Waals surface area contributed by atoms with Gasteiger partial charge in [-0.2, -0.15) is 15.8 Å². The van der Waals surface area contributed by atoms with Gasteiger partial charge in [-0.3, -0.25) is 4.79 Å². The van der Waals surface area contributed by atoms with E-state index in [9.17, 15) is 4.79 Å². The zero-order valence-corrected chi connectivity index (χ0v) is 11.9. The first-order valence-electron chi connectivity index (χ1n) is 6.29. The Bertz CT molecular complexity index is 688. The lowest BCUT2D eigenvalue weighted by molar-refractivity contribution is -0.119. The molecule has 0 atom stereocenters. The molecule has 0 spiro atoms. The number of rotatable bonds is 6. The summed E-state index contributed by atoms with van der Waals surface area (Å²) in [7, 11) is 0. The van der Waals surface area contributed by atoms with Crippen molar-refractivity contribution in [2.75, 3.05) is 18.5 Å². The molecule has 1 aromatic carbocycles. The molecule has 0 saturated heterocycles. The van der Waals surface area contributed by atoms with Crippen LogP contribution >= 0.6 is 0 Å². The van der Waals surface area contributed by atoms with Crippen LogP contribution in [-0.4, -0.2) is 19.1 Å². The molecule has 0 aromatic heterocycles. The zero-order chi connectivity index (χ0) is 16.4. The molecule has 0 aliphatic heterocycles. The number of nitriles is 3. The second kappa shape index (κ2) is 8.63. The fourth-order valence-corrected chi connectivity index (χ4v) is 1.49. The number of carbonyl (C=O) groups is 1. The van der Waals surface area contributed by atoms with Crippen LogP contribution < -0.4 is 15.4 Å². The minimum Gasteiger partial charge on any atom is -0.492 e. The maximum Gasteiger partial charge on any atom is 0.216 e. The SMILES string of the molecule is CC(=O)NCCOc1cccc(NC(C#N)=C(C#N)C#N)c1. The fraction of sp³-hybridized carbons (Fsp3) is 0.200. The largest absolute Gasteiger partial charge is 0.492 e. The molecular weight excluding hydrogens is 282 g/mol. The number of ether oxygens (including phenoxy) is 1. The van der Waals surface area contributed by atoms with Crippen LogP contribution in [-0.2, 0) is 4.79 Å². The van der Waals surface area contributed by atoms with Crippen molar-refractivity contribution in [3.8, 4) is 24.0 Å². The van der Waals surface area contributed by atoms with Gasteiger partial charge >= 0.3 is 0 Å². The number of nitrogens with zero attached hydrogens (tertiary/aromatic N) is 3. The number of hydrogen-bond acceptors (Lipinski definition) is 6. The van der Waals surface area contributed by atoms with Crippen molar-refractivity contribution in [2.45, 2.75) is 6.92 Å². The van der Waals surface area contributed by atoms with E-state index in [4.69, 9.17) is 20.5 Å². The van der Waals surface area contributed by atoms with Crippen molar-refractivity contribution in [3.05, 3.63) is 35.5 Å². The number of nitrogens with one attached hydrogen (secondary N) is 2. The molecule has 0 unspecified atom stereocenters. The van der Waals surface area contributed by atoms with E-state index < -0.39 is 0 Å². The van der Waals surface area contributed by atoms with Gasteiger partial charge in [-0.15, -0.1) is 0 Å². The van der Waals surface area contributed by atoms with Crippen LogP contribution in [0.5, 0.6) is 5.75 Å². The molecule has 1 aromatic rings. The molecule has 0 radical (unpaired) electrons. The molecular formula is C15H13N5O2. The van der Waals surface area contributed by atoms with E-state index in [1.54, 1.807) is 42.5 Å². The monoisotopic (exact) mass is 295 g/mol. The van der Waals surface area contributed by atoms with Gasteiger partial charge in [0.15, 0.2) is 5.57 Å². The Kier molecular flexibility index (Phi) is 6.49. The van der Waals surface area contributed by atoms with Gasteiger partial charge in [0.2, 0.25) is 5.91 Å². The van der Waals surface area contributed by atoms with E-state index in [-0.39, 0.29) is 17.2 Å². The van der Waals surface area contributed by atoms with Gasteiger partial charge in [0.1, 0.15) is 36.3 Å². The molecule has 2 N–H and O–H groups in total. The molecule has 7 heteroatoms. The Morgan fingerprint density at radius 2 is 1.95 bits per heavy atom. The summed E-state index contributed by atoms with van der Waals surface area (Å²) in [5, 5.41) is 31.8. The smallest absolute Gasteiger partial charge is 0.216 e. The Hall–Kier alpha value is -3.50. The van der Waals surface area contributed by atoms with Crippen molar-refractivity contribution in [1.82, 2.24) is 5.32 Å². The summed E-state index contributed by atoms with van der Waals surface area (Å²) in [4.78, 5) is 10.7. The third-order valence-electron chi connectivity index (χ3n) is 2.43. The van der Waals surface area contributed by atoms with Crippen LogP contribution in [0.1, 0.15) is 6.92 Å². The summed E-state index contributed by atoms with van der Waals surface area (Å²) in [6.07, 6.45) is 0. The highest BCUT2D eigenvalue weighted by Gasteiger charge is 2.06. The summed E-state index contributed by atoms with van der Waals surface area (Å²) >= 11 is 0. The standard InChI is InChI=1S/C15H13N5O2/c1-11(21)19-5-6-22-14-4-2-3-13(7-14)20-15(10-18)12(8-16)9-17/h2-4,7,20H,5-6H2,1H3,(H,19,21). The van der Waals surface area contributed by atoms with E-state index in [2.05, 4.69) is 10.6 Å². The van der Waals surface area contributed by atoms with E-state index in [0.29, 0.717) is 24.6 Å². The van der Waals surface area contributed by atoms with Crippen LogP contribution in [0.15, 0.2) is 35.5 Å². The van der Waals surface area contributed by atoms with E-state index >= 15 is 0 Å². The van der Waals surface area contributed by atoms with Crippen LogP contribution in [0.2, 0.25) is 0 Å². The number of benzene rings is 1. The van der Waals surface area contributed by atoms with Gasteiger partial charge in [0, 0.05) is 18.7 Å². The Morgan fingerprint density at radius 1 is 1.23 bits per heavy atom. The molecule has 1 amide bonds. The van der Waals surface area contributed by atoms with Crippen LogP contribution in [0, 0.1) is 34.0 Å². The maximum atomic E-state index is 10.7. The second-order valence-electron chi connectivity index (χ2n) is 4.07. The number of carbonyl (C=O) groups excluding carboxylic acids is 1. The maximum absolute atomic E-state index is 10.7. The van der Waals surface area contributed by atoms with Gasteiger partial charge in [0.05, 0.1) is 6.54 Å². The van der Waals surface area contributed by atoms with Gasteiger partial charge in [-0.25, -0.2) is 0 Å².